The van der Waals surface area contributed by atoms with E-state index < -0.39 is 5.60 Å². The monoisotopic (exact) mass is 239 g/mol. The molecule has 4 heteroatoms. The molecule has 1 heterocycles. The molecule has 0 bridgehead atoms. The van der Waals surface area contributed by atoms with Crippen LogP contribution >= 0.6 is 0 Å². The van der Waals surface area contributed by atoms with E-state index in [0.29, 0.717) is 6.54 Å². The second-order valence-corrected chi connectivity index (χ2v) is 4.58. The fraction of sp³-hybridized carbons (Fsp3) is 0.769. The smallest absolute Gasteiger partial charge is 0.0766 e. The van der Waals surface area contributed by atoms with Crippen LogP contribution in [0.5, 0.6) is 0 Å². The average Bonchev–Trinajstić information content (AvgIpc) is 2.77. The van der Waals surface area contributed by atoms with Gasteiger partial charge in [0.1, 0.15) is 0 Å². The molecule has 0 aliphatic rings. The molecule has 0 atom stereocenters. The molecule has 0 radical (unpaired) electrons. The standard InChI is InChI=1S/C13H25N3O/c1-4-9-16-12(7-8-15-16)10-14-11-13(17,5-2)6-3/h7-8,14,17H,4-6,9-11H2,1-3H3. The molecule has 0 saturated heterocycles. The van der Waals surface area contributed by atoms with E-state index in [4.69, 9.17) is 0 Å². The Balaban J connectivity index is 2.42. The predicted molar refractivity (Wildman–Crippen MR) is 69.8 cm³/mol. The van der Waals surface area contributed by atoms with E-state index in [9.17, 15) is 5.11 Å². The molecular formula is C13H25N3O. The van der Waals surface area contributed by atoms with Gasteiger partial charge in [0.2, 0.25) is 0 Å². The molecule has 0 spiro atoms. The van der Waals surface area contributed by atoms with Gasteiger partial charge in [0.15, 0.2) is 0 Å². The van der Waals surface area contributed by atoms with Crippen molar-refractivity contribution in [3.63, 3.8) is 0 Å². The van der Waals surface area contributed by atoms with Crippen molar-refractivity contribution in [3.05, 3.63) is 18.0 Å². The van der Waals surface area contributed by atoms with Gasteiger partial charge in [0.05, 0.1) is 11.3 Å². The Labute approximate surface area is 104 Å². The van der Waals surface area contributed by atoms with Crippen molar-refractivity contribution in [2.45, 2.75) is 58.7 Å². The van der Waals surface area contributed by atoms with E-state index >= 15 is 0 Å². The molecule has 0 aliphatic carbocycles. The summed E-state index contributed by atoms with van der Waals surface area (Å²) in [6.45, 7) is 8.54. The Morgan fingerprint density at radius 1 is 1.35 bits per heavy atom. The number of nitrogens with zero attached hydrogens (tertiary/aromatic N) is 2. The van der Waals surface area contributed by atoms with Gasteiger partial charge >= 0.3 is 0 Å². The highest BCUT2D eigenvalue weighted by Crippen LogP contribution is 2.13. The normalized spacial score (nSPS) is 12.0. The van der Waals surface area contributed by atoms with Crippen LogP contribution in [0.1, 0.15) is 45.7 Å². The molecule has 0 fully saturated rings. The summed E-state index contributed by atoms with van der Waals surface area (Å²) in [6, 6.07) is 2.03. The van der Waals surface area contributed by atoms with E-state index in [0.717, 1.165) is 32.4 Å². The lowest BCUT2D eigenvalue weighted by atomic mass is 9.98. The first-order valence-electron chi connectivity index (χ1n) is 6.59. The zero-order chi connectivity index (χ0) is 12.7. The molecule has 0 unspecified atom stereocenters. The second-order valence-electron chi connectivity index (χ2n) is 4.58. The summed E-state index contributed by atoms with van der Waals surface area (Å²) in [4.78, 5) is 0. The van der Waals surface area contributed by atoms with Gasteiger partial charge in [-0.2, -0.15) is 5.10 Å². The SMILES string of the molecule is CCCn1nccc1CNCC(O)(CC)CC. The van der Waals surface area contributed by atoms with Gasteiger partial charge in [0.25, 0.3) is 0 Å². The van der Waals surface area contributed by atoms with Gasteiger partial charge in [-0.3, -0.25) is 4.68 Å². The number of nitrogens with one attached hydrogen (secondary N) is 1. The van der Waals surface area contributed by atoms with Gasteiger partial charge in [-0.25, -0.2) is 0 Å². The van der Waals surface area contributed by atoms with Crippen molar-refractivity contribution >= 4 is 0 Å². The highest BCUT2D eigenvalue weighted by atomic mass is 16.3. The van der Waals surface area contributed by atoms with Crippen LogP contribution in [0.4, 0.5) is 0 Å². The van der Waals surface area contributed by atoms with E-state index in [1.165, 1.54) is 5.69 Å². The van der Waals surface area contributed by atoms with Crippen molar-refractivity contribution in [2.75, 3.05) is 6.54 Å². The molecule has 0 saturated carbocycles. The number of aromatic nitrogens is 2. The minimum Gasteiger partial charge on any atom is -0.389 e. The fourth-order valence-corrected chi connectivity index (χ4v) is 1.85. The third-order valence-corrected chi connectivity index (χ3v) is 3.32. The molecule has 1 aromatic heterocycles. The molecule has 0 amide bonds. The first-order valence-corrected chi connectivity index (χ1v) is 6.59. The summed E-state index contributed by atoms with van der Waals surface area (Å²) < 4.78 is 2.02. The number of hydrogen-bond acceptors (Lipinski definition) is 3. The van der Waals surface area contributed by atoms with Crippen molar-refractivity contribution in [1.29, 1.82) is 0 Å². The van der Waals surface area contributed by atoms with E-state index in [1.54, 1.807) is 0 Å². The van der Waals surface area contributed by atoms with E-state index in [-0.39, 0.29) is 0 Å². The number of rotatable bonds is 8. The third-order valence-electron chi connectivity index (χ3n) is 3.32. The summed E-state index contributed by atoms with van der Waals surface area (Å²) >= 11 is 0. The van der Waals surface area contributed by atoms with Crippen LogP contribution in [-0.4, -0.2) is 27.0 Å². The number of aliphatic hydroxyl groups is 1. The summed E-state index contributed by atoms with van der Waals surface area (Å²) in [6.07, 6.45) is 4.48. The van der Waals surface area contributed by atoms with Crippen LogP contribution in [-0.2, 0) is 13.1 Å². The zero-order valence-electron chi connectivity index (χ0n) is 11.2. The molecule has 17 heavy (non-hydrogen) atoms. The first-order chi connectivity index (χ1) is 8.15. The van der Waals surface area contributed by atoms with Crippen LogP contribution in [0.25, 0.3) is 0 Å². The maximum atomic E-state index is 10.1. The minimum atomic E-state index is -0.574. The van der Waals surface area contributed by atoms with Gasteiger partial charge in [0, 0.05) is 25.8 Å². The van der Waals surface area contributed by atoms with Crippen molar-refractivity contribution < 1.29 is 5.11 Å². The molecule has 1 rings (SSSR count). The molecule has 4 nitrogen and oxygen atoms in total. The highest BCUT2D eigenvalue weighted by molar-refractivity contribution is 5.00. The summed E-state index contributed by atoms with van der Waals surface area (Å²) in [5.41, 5.74) is 0.608. The average molecular weight is 239 g/mol. The van der Waals surface area contributed by atoms with Crippen LogP contribution in [0.2, 0.25) is 0 Å². The van der Waals surface area contributed by atoms with E-state index in [1.807, 2.05) is 30.8 Å². The lowest BCUT2D eigenvalue weighted by molar-refractivity contribution is 0.0321. The lowest BCUT2D eigenvalue weighted by Gasteiger charge is -2.25. The summed E-state index contributed by atoms with van der Waals surface area (Å²) in [5.74, 6) is 0. The van der Waals surface area contributed by atoms with Gasteiger partial charge in [-0.05, 0) is 25.3 Å². The highest BCUT2D eigenvalue weighted by Gasteiger charge is 2.21. The van der Waals surface area contributed by atoms with Crippen LogP contribution < -0.4 is 5.32 Å². The number of aryl methyl sites for hydroxylation is 1. The second kappa shape index (κ2) is 6.77. The molecule has 98 valence electrons. The molecular weight excluding hydrogens is 214 g/mol. The van der Waals surface area contributed by atoms with Crippen molar-refractivity contribution in [1.82, 2.24) is 15.1 Å². The predicted octanol–water partition coefficient (Wildman–Crippen LogP) is 1.93. The fourth-order valence-electron chi connectivity index (χ4n) is 1.85. The lowest BCUT2D eigenvalue weighted by Crippen LogP contribution is -2.39. The van der Waals surface area contributed by atoms with Gasteiger partial charge in [-0.15, -0.1) is 0 Å². The molecule has 0 aromatic carbocycles. The maximum absolute atomic E-state index is 10.1. The van der Waals surface area contributed by atoms with Crippen LogP contribution in [0.15, 0.2) is 12.3 Å². The van der Waals surface area contributed by atoms with Crippen molar-refractivity contribution in [2.24, 2.45) is 0 Å². The van der Waals surface area contributed by atoms with Gasteiger partial charge in [-0.1, -0.05) is 20.8 Å². The maximum Gasteiger partial charge on any atom is 0.0766 e. The number of hydrogen-bond donors (Lipinski definition) is 2. The Morgan fingerprint density at radius 2 is 2.06 bits per heavy atom. The summed E-state index contributed by atoms with van der Waals surface area (Å²) in [7, 11) is 0. The van der Waals surface area contributed by atoms with Gasteiger partial charge < -0.3 is 10.4 Å². The first kappa shape index (κ1) is 14.2. The largest absolute Gasteiger partial charge is 0.389 e. The molecule has 1 aromatic rings. The molecule has 0 aliphatic heterocycles. The van der Waals surface area contributed by atoms with Crippen LogP contribution in [0.3, 0.4) is 0 Å². The minimum absolute atomic E-state index is 0.574. The Morgan fingerprint density at radius 3 is 2.65 bits per heavy atom. The quantitative estimate of drug-likeness (QED) is 0.729. The third kappa shape index (κ3) is 4.13. The Hall–Kier alpha value is -0.870. The topological polar surface area (TPSA) is 50.1 Å². The summed E-state index contributed by atoms with van der Waals surface area (Å²) in [5, 5.41) is 17.7. The van der Waals surface area contributed by atoms with E-state index in [2.05, 4.69) is 17.3 Å². The molecule has 2 N–H and O–H groups in total. The van der Waals surface area contributed by atoms with Crippen LogP contribution in [0, 0.1) is 0 Å². The zero-order valence-corrected chi connectivity index (χ0v) is 11.2. The van der Waals surface area contributed by atoms with Crippen molar-refractivity contribution in [3.8, 4) is 0 Å². The Kier molecular flexibility index (Phi) is 5.65. The Bertz CT molecular complexity index is 318.